The van der Waals surface area contributed by atoms with E-state index in [9.17, 15) is 39.0 Å². The number of carbonyl (C=O) groups is 6. The summed E-state index contributed by atoms with van der Waals surface area (Å²) in [4.78, 5) is 95.0. The van der Waals surface area contributed by atoms with Crippen molar-refractivity contribution in [1.82, 2.24) is 10.1 Å². The lowest BCUT2D eigenvalue weighted by molar-refractivity contribution is -0.206. The van der Waals surface area contributed by atoms with E-state index < -0.39 is 73.1 Å². The van der Waals surface area contributed by atoms with Gasteiger partial charge in [0.1, 0.15) is 0 Å². The molecule has 0 bridgehead atoms. The quantitative estimate of drug-likeness (QED) is 0.0568. The number of nitrogens with zero attached hydrogens (tertiary/aromatic N) is 2. The average molecular weight is 1050 g/mol. The van der Waals surface area contributed by atoms with Crippen LogP contribution in [0, 0.1) is 0 Å². The predicted molar refractivity (Wildman–Crippen MR) is 254 cm³/mol. The second kappa shape index (κ2) is 28.9. The number of rotatable bonds is 27. The highest BCUT2D eigenvalue weighted by Crippen LogP contribution is 2.46. The van der Waals surface area contributed by atoms with Crippen molar-refractivity contribution in [2.45, 2.75) is 51.7 Å². The first-order chi connectivity index (χ1) is 34.5. The fraction of sp³-hybridized carbons (Fsp3) is 0.458. The molecule has 0 saturated carbocycles. The zero-order chi connectivity index (χ0) is 53.1. The van der Waals surface area contributed by atoms with E-state index in [0.717, 1.165) is 14.2 Å². The number of allylic oxidation sites excluding steroid dienone is 2. The lowest BCUT2D eigenvalue weighted by atomic mass is 9.80. The molecule has 0 amide bonds. The van der Waals surface area contributed by atoms with Gasteiger partial charge in [0.2, 0.25) is 0 Å². The zero-order valence-electron chi connectivity index (χ0n) is 40.6. The maximum absolute atomic E-state index is 14.1. The number of esters is 4. The topological polar surface area (TPSA) is 294 Å². The number of aliphatic hydroxyl groups excluding tert-OH is 2. The number of benzene rings is 2. The molecule has 0 radical (unpaired) electrons. The molecule has 72 heavy (non-hydrogen) atoms. The Morgan fingerprint density at radius 1 is 0.569 bits per heavy atom. The van der Waals surface area contributed by atoms with Gasteiger partial charge in [0, 0.05) is 23.1 Å². The van der Waals surface area contributed by atoms with Gasteiger partial charge in [-0.25, -0.2) is 28.8 Å². The second-order valence-corrected chi connectivity index (χ2v) is 16.2. The molecule has 0 fully saturated rings. The first-order valence-corrected chi connectivity index (χ1v) is 23.3. The molecule has 6 N–H and O–H groups in total. The SMILES string of the molecule is CCOC(=O)C1=C(COCCOCCN)N(OC(=O)C(O)C(O)C(=O)ON2C(C)=C(C(=O)OC)[C@H](c3cccc(Cl)c3)C(C(=O)OCC)=C2COCCOCCN)C(C)=C(C(=O)OC)[C@@H]1c1cccc(Cl)c1. The maximum atomic E-state index is 14.1. The van der Waals surface area contributed by atoms with Crippen LogP contribution in [0.4, 0.5) is 0 Å². The van der Waals surface area contributed by atoms with E-state index in [-0.39, 0.29) is 121 Å². The van der Waals surface area contributed by atoms with Crippen molar-refractivity contribution in [3.63, 3.8) is 0 Å². The second-order valence-electron chi connectivity index (χ2n) is 15.3. The molecule has 0 aliphatic carbocycles. The Kier molecular flexibility index (Phi) is 23.6. The lowest BCUT2D eigenvalue weighted by Gasteiger charge is -2.38. The van der Waals surface area contributed by atoms with Gasteiger partial charge >= 0.3 is 35.8 Å². The van der Waals surface area contributed by atoms with Crippen molar-refractivity contribution in [2.24, 2.45) is 11.5 Å². The van der Waals surface area contributed by atoms with Crippen LogP contribution in [0.1, 0.15) is 50.7 Å². The van der Waals surface area contributed by atoms with Crippen LogP contribution in [0.15, 0.2) is 93.6 Å². The lowest BCUT2D eigenvalue weighted by Crippen LogP contribution is -2.47. The smallest absolute Gasteiger partial charge is 0.364 e. The molecule has 0 saturated heterocycles. The van der Waals surface area contributed by atoms with Crippen molar-refractivity contribution in [3.05, 3.63) is 115 Å². The van der Waals surface area contributed by atoms with E-state index in [2.05, 4.69) is 0 Å². The van der Waals surface area contributed by atoms with E-state index >= 15 is 0 Å². The first-order valence-electron chi connectivity index (χ1n) is 22.5. The summed E-state index contributed by atoms with van der Waals surface area (Å²) in [6.45, 7) is 5.24. The number of aliphatic hydroxyl groups is 2. The Hall–Kier alpha value is -5.92. The molecule has 2 heterocycles. The number of carbonyl (C=O) groups excluding carboxylic acids is 6. The number of ether oxygens (including phenoxy) is 8. The summed E-state index contributed by atoms with van der Waals surface area (Å²) in [6.07, 6.45) is -5.56. The fourth-order valence-corrected chi connectivity index (χ4v) is 7.97. The molecule has 0 spiro atoms. The standard InChI is InChI=1S/C48H60Cl2N4O18/c1-7-69-45(59)39-33(25-67-21-19-65-17-15-51)53(27(3)35(43(57)63-5)37(39)29-11-9-13-31(49)23-29)71-47(61)41(55)42(56)48(62)72-54-28(4)36(44(58)64-6)38(30-12-10-14-32(50)24-30)40(46(60)70-8-2)34(54)26-68-22-20-66-18-16-52/h9-14,23-24,37-38,41-42,55-56H,7-8,15-22,25-26,51-52H2,1-6H3/t37-,38-,41?,42?/m0/s1. The third-order valence-electron chi connectivity index (χ3n) is 10.7. The molecule has 22 nitrogen and oxygen atoms in total. The van der Waals surface area contributed by atoms with E-state index in [4.69, 9.17) is 82.2 Å². The summed E-state index contributed by atoms with van der Waals surface area (Å²) in [7, 11) is 2.16. The van der Waals surface area contributed by atoms with Crippen LogP contribution in [0.2, 0.25) is 10.0 Å². The van der Waals surface area contributed by atoms with Crippen LogP contribution in [-0.2, 0) is 76.3 Å². The molecular formula is C48H60Cl2N4O18. The number of nitrogens with two attached hydrogens (primary N) is 2. The largest absolute Gasteiger partial charge is 0.466 e. The van der Waals surface area contributed by atoms with Gasteiger partial charge in [-0.2, -0.15) is 10.1 Å². The van der Waals surface area contributed by atoms with Gasteiger partial charge in [-0.3, -0.25) is 0 Å². The van der Waals surface area contributed by atoms with E-state index in [1.54, 1.807) is 36.4 Å². The summed E-state index contributed by atoms with van der Waals surface area (Å²) < 4.78 is 43.7. The maximum Gasteiger partial charge on any atom is 0.364 e. The van der Waals surface area contributed by atoms with E-state index in [1.165, 1.54) is 39.8 Å². The normalized spacial score (nSPS) is 16.9. The monoisotopic (exact) mass is 1050 g/mol. The summed E-state index contributed by atoms with van der Waals surface area (Å²) in [5.74, 6) is -9.89. The van der Waals surface area contributed by atoms with Crippen molar-refractivity contribution in [3.8, 4) is 0 Å². The number of hydrogen-bond acceptors (Lipinski definition) is 22. The Morgan fingerprint density at radius 2 is 0.931 bits per heavy atom. The van der Waals surface area contributed by atoms with Crippen LogP contribution in [0.5, 0.6) is 0 Å². The molecule has 4 atom stereocenters. The highest BCUT2D eigenvalue weighted by molar-refractivity contribution is 6.31. The highest BCUT2D eigenvalue weighted by atomic mass is 35.5. The number of halogens is 2. The van der Waals surface area contributed by atoms with Crippen molar-refractivity contribution in [2.75, 3.05) is 93.4 Å². The van der Waals surface area contributed by atoms with Crippen LogP contribution >= 0.6 is 23.2 Å². The van der Waals surface area contributed by atoms with Gasteiger partial charge in [0.15, 0.2) is 12.2 Å². The van der Waals surface area contributed by atoms with Gasteiger partial charge in [0.25, 0.3) is 0 Å². The molecule has 2 aliphatic heterocycles. The average Bonchev–Trinajstić information content (AvgIpc) is 3.36. The minimum atomic E-state index is -2.78. The summed E-state index contributed by atoms with van der Waals surface area (Å²) in [5, 5.41) is 24.7. The Bertz CT molecular complexity index is 2240. The third-order valence-corrected chi connectivity index (χ3v) is 11.2. The molecule has 2 aliphatic rings. The summed E-state index contributed by atoms with van der Waals surface area (Å²) in [6, 6.07) is 12.5. The van der Waals surface area contributed by atoms with Gasteiger partial charge in [0.05, 0.1) is 137 Å². The molecule has 2 unspecified atom stereocenters. The Balaban J connectivity index is 1.82. The minimum Gasteiger partial charge on any atom is -0.466 e. The van der Waals surface area contributed by atoms with Gasteiger partial charge in [-0.15, -0.1) is 0 Å². The number of methoxy groups -OCH3 is 2. The molecule has 2 aromatic carbocycles. The Morgan fingerprint density at radius 3 is 1.25 bits per heavy atom. The molecule has 0 aromatic heterocycles. The Labute approximate surface area is 425 Å². The molecule has 2 aromatic rings. The third kappa shape index (κ3) is 14.6. The van der Waals surface area contributed by atoms with Crippen LogP contribution in [0.3, 0.4) is 0 Å². The van der Waals surface area contributed by atoms with Gasteiger partial charge in [-0.05, 0) is 63.1 Å². The van der Waals surface area contributed by atoms with Crippen molar-refractivity contribution >= 4 is 59.0 Å². The zero-order valence-corrected chi connectivity index (χ0v) is 42.2. The van der Waals surface area contributed by atoms with E-state index in [1.807, 2.05) is 0 Å². The molecular weight excluding hydrogens is 991 g/mol. The number of hydroxylamine groups is 4. The predicted octanol–water partition coefficient (Wildman–Crippen LogP) is 2.64. The highest BCUT2D eigenvalue weighted by Gasteiger charge is 2.47. The molecule has 394 valence electrons. The van der Waals surface area contributed by atoms with Gasteiger partial charge in [-0.1, -0.05) is 47.5 Å². The first kappa shape index (κ1) is 58.6. The summed E-state index contributed by atoms with van der Waals surface area (Å²) >= 11 is 12.8. The van der Waals surface area contributed by atoms with Crippen molar-refractivity contribution in [1.29, 1.82) is 0 Å². The number of hydrogen-bond donors (Lipinski definition) is 4. The molecule has 4 rings (SSSR count). The van der Waals surface area contributed by atoms with Crippen LogP contribution in [-0.4, -0.2) is 162 Å². The van der Waals surface area contributed by atoms with Gasteiger partial charge < -0.3 is 69.3 Å². The fourth-order valence-electron chi connectivity index (χ4n) is 7.57. The van der Waals surface area contributed by atoms with E-state index in [0.29, 0.717) is 21.3 Å². The minimum absolute atomic E-state index is 0.0492. The van der Waals surface area contributed by atoms with Crippen molar-refractivity contribution < 1.29 is 86.6 Å². The summed E-state index contributed by atoms with van der Waals surface area (Å²) in [5.41, 5.74) is 9.91. The molecule has 24 heteroatoms. The van der Waals surface area contributed by atoms with Crippen LogP contribution < -0.4 is 11.5 Å². The van der Waals surface area contributed by atoms with Crippen LogP contribution in [0.25, 0.3) is 0 Å².